The molecular formula is C38H30N4O4. The molecule has 0 aliphatic heterocycles. The highest BCUT2D eigenvalue weighted by molar-refractivity contribution is 6.50. The van der Waals surface area contributed by atoms with Gasteiger partial charge in [-0.2, -0.15) is 0 Å². The fourth-order valence-corrected chi connectivity index (χ4v) is 6.42. The largest absolute Gasteiger partial charge is 0.332 e. The van der Waals surface area contributed by atoms with Gasteiger partial charge in [0.25, 0.3) is 0 Å². The number of nitrogens with one attached hydrogen (secondary N) is 1. The predicted octanol–water partition coefficient (Wildman–Crippen LogP) is 7.02. The number of Topliss-reactive ketones (excluding diaryl/α,β-unsaturated/α-hetero) is 3. The van der Waals surface area contributed by atoms with Crippen molar-refractivity contribution in [2.24, 2.45) is 5.73 Å². The average molecular weight is 607 g/mol. The van der Waals surface area contributed by atoms with Crippen LogP contribution in [0.3, 0.4) is 0 Å². The minimum atomic E-state index is -1.02. The third-order valence-corrected chi connectivity index (χ3v) is 8.65. The number of carbonyl (C=O) groups is 3. The summed E-state index contributed by atoms with van der Waals surface area (Å²) in [5, 5.41) is 3.98. The van der Waals surface area contributed by atoms with Crippen LogP contribution in [0.5, 0.6) is 0 Å². The third kappa shape index (κ3) is 4.45. The first-order valence-electron chi connectivity index (χ1n) is 15.3. The Morgan fingerprint density at radius 3 is 2.15 bits per heavy atom. The minimum Gasteiger partial charge on any atom is -0.318 e. The maximum absolute atomic E-state index is 14.0. The Hall–Kier alpha value is -5.73. The van der Waals surface area contributed by atoms with E-state index in [1.54, 1.807) is 43.3 Å². The second-order valence-electron chi connectivity index (χ2n) is 11.3. The highest BCUT2D eigenvalue weighted by Crippen LogP contribution is 2.36. The molecule has 8 nitrogen and oxygen atoms in total. The van der Waals surface area contributed by atoms with Crippen molar-refractivity contribution in [3.63, 3.8) is 0 Å². The summed E-state index contributed by atoms with van der Waals surface area (Å²) in [5.74, 6) is -1.94. The summed E-state index contributed by atoms with van der Waals surface area (Å²) in [6, 6.07) is 26.5. The summed E-state index contributed by atoms with van der Waals surface area (Å²) in [7, 11) is 0. The van der Waals surface area contributed by atoms with Crippen LogP contribution in [0.15, 0.2) is 107 Å². The zero-order valence-corrected chi connectivity index (χ0v) is 25.3. The molecule has 0 amide bonds. The van der Waals surface area contributed by atoms with Crippen LogP contribution in [-0.2, 0) is 4.79 Å². The van der Waals surface area contributed by atoms with Crippen molar-refractivity contribution in [1.82, 2.24) is 14.4 Å². The van der Waals surface area contributed by atoms with Crippen molar-refractivity contribution in [2.45, 2.75) is 32.7 Å². The van der Waals surface area contributed by atoms with Crippen LogP contribution in [0.1, 0.15) is 59.0 Å². The van der Waals surface area contributed by atoms with Gasteiger partial charge in [-0.1, -0.05) is 98.8 Å². The maximum Gasteiger partial charge on any atom is 0.332 e. The molecule has 0 spiro atoms. The fraction of sp³-hybridized carbons (Fsp3) is 0.132. The molecule has 3 N–H and O–H groups in total. The Morgan fingerprint density at radius 2 is 1.48 bits per heavy atom. The lowest BCUT2D eigenvalue weighted by Gasteiger charge is -2.14. The number of hydrogen-bond acceptors (Lipinski definition) is 6. The molecule has 2 heterocycles. The zero-order chi connectivity index (χ0) is 32.1. The first-order valence-corrected chi connectivity index (χ1v) is 15.3. The van der Waals surface area contributed by atoms with Crippen LogP contribution < -0.4 is 11.4 Å². The van der Waals surface area contributed by atoms with Gasteiger partial charge in [-0.3, -0.25) is 14.4 Å². The molecule has 226 valence electrons. The molecule has 0 saturated carbocycles. The van der Waals surface area contributed by atoms with E-state index in [1.165, 1.54) is 10.5 Å². The fourth-order valence-electron chi connectivity index (χ4n) is 6.42. The molecule has 2 aromatic heterocycles. The standard InChI is InChI=1S/C38H30N4O4/c1-3-12-21(4-2)35(44)36(45)28-19-23(34(43)30(39)22-13-6-5-7-14-22)20-29-31(28)41-38(46)42-33-27-18-11-9-16-25(27)24-15-8-10-17-26(24)32(33)40-37(29)42/h5-20,30H,3-4,39H2,1-2H3,(H,41,46)/b21-12+. The predicted molar refractivity (Wildman–Crippen MR) is 182 cm³/mol. The smallest absolute Gasteiger partial charge is 0.318 e. The van der Waals surface area contributed by atoms with Crippen molar-refractivity contribution in [3.8, 4) is 0 Å². The van der Waals surface area contributed by atoms with E-state index in [4.69, 9.17) is 10.7 Å². The van der Waals surface area contributed by atoms with Crippen molar-refractivity contribution in [1.29, 1.82) is 0 Å². The van der Waals surface area contributed by atoms with Gasteiger partial charge in [-0.25, -0.2) is 14.2 Å². The number of carbonyl (C=O) groups excluding carboxylic acids is 3. The van der Waals surface area contributed by atoms with E-state index in [0.29, 0.717) is 40.4 Å². The molecule has 0 aliphatic rings. The lowest BCUT2D eigenvalue weighted by Crippen LogP contribution is -2.24. The summed E-state index contributed by atoms with van der Waals surface area (Å²) in [6.07, 6.45) is 2.66. The van der Waals surface area contributed by atoms with Gasteiger partial charge in [0.05, 0.1) is 28.2 Å². The molecule has 0 aliphatic carbocycles. The molecule has 7 aromatic rings. The highest BCUT2D eigenvalue weighted by Gasteiger charge is 2.28. The van der Waals surface area contributed by atoms with E-state index >= 15 is 0 Å². The molecule has 8 heteroatoms. The van der Waals surface area contributed by atoms with Crippen LogP contribution >= 0.6 is 0 Å². The Labute approximate surface area is 263 Å². The molecule has 0 saturated heterocycles. The quantitative estimate of drug-likeness (QED) is 0.0829. The normalized spacial score (nSPS) is 12.8. The van der Waals surface area contributed by atoms with Gasteiger partial charge < -0.3 is 10.7 Å². The van der Waals surface area contributed by atoms with Gasteiger partial charge in [0, 0.05) is 21.7 Å². The number of nitrogens with zero attached hydrogens (tertiary/aromatic N) is 2. The first kappa shape index (κ1) is 29.0. The summed E-state index contributed by atoms with van der Waals surface area (Å²) in [4.78, 5) is 63.2. The number of fused-ring (bicyclic) bond motifs is 10. The first-order chi connectivity index (χ1) is 22.3. The lowest BCUT2D eigenvalue weighted by atomic mass is 9.92. The van der Waals surface area contributed by atoms with Gasteiger partial charge in [0.15, 0.2) is 11.4 Å². The Bertz CT molecular complexity index is 2490. The second kappa shape index (κ2) is 11.3. The number of ketones is 3. The van der Waals surface area contributed by atoms with Crippen molar-refractivity contribution < 1.29 is 14.4 Å². The summed E-state index contributed by atoms with van der Waals surface area (Å²) in [6.45, 7) is 3.69. The molecular weight excluding hydrogens is 576 g/mol. The number of nitrogens with two attached hydrogens (primary N) is 1. The molecule has 7 rings (SSSR count). The number of H-pyrrole nitrogens is 1. The maximum atomic E-state index is 14.0. The summed E-state index contributed by atoms with van der Waals surface area (Å²) < 4.78 is 1.49. The molecule has 0 radical (unpaired) electrons. The number of hydrogen-bond donors (Lipinski definition) is 2. The van der Waals surface area contributed by atoms with Gasteiger partial charge in [0.1, 0.15) is 0 Å². The van der Waals surface area contributed by atoms with Crippen LogP contribution in [0.25, 0.3) is 49.1 Å². The van der Waals surface area contributed by atoms with E-state index in [0.717, 1.165) is 21.5 Å². The lowest BCUT2D eigenvalue weighted by molar-refractivity contribution is -0.112. The number of benzene rings is 5. The molecule has 1 unspecified atom stereocenters. The minimum absolute atomic E-state index is 0.0806. The topological polar surface area (TPSA) is 127 Å². The van der Waals surface area contributed by atoms with Gasteiger partial charge in [-0.05, 0) is 46.9 Å². The van der Waals surface area contributed by atoms with Crippen molar-refractivity contribution >= 4 is 66.5 Å². The zero-order valence-electron chi connectivity index (χ0n) is 25.3. The summed E-state index contributed by atoms with van der Waals surface area (Å²) in [5.41, 5.74) is 8.55. The third-order valence-electron chi connectivity index (χ3n) is 8.65. The van der Waals surface area contributed by atoms with E-state index in [1.807, 2.05) is 61.5 Å². The van der Waals surface area contributed by atoms with Crippen molar-refractivity contribution in [2.75, 3.05) is 0 Å². The van der Waals surface area contributed by atoms with E-state index in [-0.39, 0.29) is 22.3 Å². The molecule has 5 aromatic carbocycles. The number of imidazole rings is 1. The molecule has 1 atom stereocenters. The van der Waals surface area contributed by atoms with Crippen LogP contribution in [0.2, 0.25) is 0 Å². The Kier molecular flexibility index (Phi) is 7.14. The molecule has 0 fully saturated rings. The second-order valence-corrected chi connectivity index (χ2v) is 11.3. The van der Waals surface area contributed by atoms with Crippen LogP contribution in [0, 0.1) is 0 Å². The highest BCUT2D eigenvalue weighted by atomic mass is 16.2. The monoisotopic (exact) mass is 606 g/mol. The number of aromatic nitrogens is 3. The van der Waals surface area contributed by atoms with E-state index in [9.17, 15) is 19.2 Å². The number of aromatic amines is 1. The Balaban J connectivity index is 1.59. The number of allylic oxidation sites excluding steroid dienone is 2. The van der Waals surface area contributed by atoms with Gasteiger partial charge >= 0.3 is 5.69 Å². The molecule has 46 heavy (non-hydrogen) atoms. The SMILES string of the molecule is CC/C=C(\CC)C(=O)C(=O)c1cc(C(=O)C(N)c2ccccc2)cc2c1[nH]c(=O)n1c2nc2c3ccccc3c3ccccc3c21. The van der Waals surface area contributed by atoms with E-state index < -0.39 is 29.1 Å². The summed E-state index contributed by atoms with van der Waals surface area (Å²) >= 11 is 0. The van der Waals surface area contributed by atoms with E-state index in [2.05, 4.69) is 4.98 Å². The van der Waals surface area contributed by atoms with Crippen LogP contribution in [-0.4, -0.2) is 31.7 Å². The Morgan fingerprint density at radius 1 is 0.848 bits per heavy atom. The van der Waals surface area contributed by atoms with Crippen LogP contribution in [0.4, 0.5) is 0 Å². The van der Waals surface area contributed by atoms with Gasteiger partial charge in [0.2, 0.25) is 11.6 Å². The van der Waals surface area contributed by atoms with Crippen molar-refractivity contribution in [3.05, 3.63) is 130 Å². The molecule has 0 bridgehead atoms. The average Bonchev–Trinajstić information content (AvgIpc) is 3.52. The van der Waals surface area contributed by atoms with Gasteiger partial charge in [-0.15, -0.1) is 0 Å². The number of rotatable bonds is 8.